The smallest absolute Gasteiger partial charge is 0.337 e. The van der Waals surface area contributed by atoms with Crippen LogP contribution in [-0.2, 0) is 11.3 Å². The summed E-state index contributed by atoms with van der Waals surface area (Å²) in [6.45, 7) is 4.83. The van der Waals surface area contributed by atoms with E-state index in [0.29, 0.717) is 45.7 Å². The number of benzene rings is 2. The Kier molecular flexibility index (Phi) is 5.12. The quantitative estimate of drug-likeness (QED) is 0.381. The van der Waals surface area contributed by atoms with Gasteiger partial charge in [0.05, 0.1) is 30.0 Å². The third-order valence-electron chi connectivity index (χ3n) is 5.72. The van der Waals surface area contributed by atoms with E-state index in [4.69, 9.17) is 14.7 Å². The molecule has 0 aliphatic heterocycles. The maximum absolute atomic E-state index is 13.5. The maximum Gasteiger partial charge on any atom is 0.337 e. The van der Waals surface area contributed by atoms with Gasteiger partial charge in [-0.1, -0.05) is 26.0 Å². The lowest BCUT2D eigenvalue weighted by Gasteiger charge is -2.09. The van der Waals surface area contributed by atoms with Gasteiger partial charge in [-0.2, -0.15) is 0 Å². The van der Waals surface area contributed by atoms with Crippen LogP contribution in [0.1, 0.15) is 30.6 Å². The fraction of sp³-hybridized carbons (Fsp3) is 0.240. The molecular weight excluding hydrogens is 418 g/mol. The molecule has 33 heavy (non-hydrogen) atoms. The molecule has 0 atom stereocenters. The monoisotopic (exact) mass is 441 g/mol. The number of carbonyl (C=O) groups is 1. The Morgan fingerprint density at radius 3 is 2.36 bits per heavy atom. The van der Waals surface area contributed by atoms with Gasteiger partial charge in [0.15, 0.2) is 11.3 Å². The van der Waals surface area contributed by atoms with Crippen molar-refractivity contribution in [3.63, 3.8) is 0 Å². The molecule has 0 radical (unpaired) electrons. The molecule has 0 fully saturated rings. The molecule has 3 aromatic heterocycles. The van der Waals surface area contributed by atoms with Gasteiger partial charge in [0.1, 0.15) is 10.9 Å². The van der Waals surface area contributed by atoms with Gasteiger partial charge in [-0.3, -0.25) is 13.9 Å². The zero-order chi connectivity index (χ0) is 23.1. The largest absolute Gasteiger partial charge is 0.465 e. The topological polar surface area (TPSA) is 91.9 Å². The van der Waals surface area contributed by atoms with E-state index >= 15 is 0 Å². The van der Waals surface area contributed by atoms with Crippen molar-refractivity contribution in [3.8, 4) is 5.69 Å². The number of esters is 1. The lowest BCUT2D eigenvalue weighted by molar-refractivity contribution is 0.0600. The summed E-state index contributed by atoms with van der Waals surface area (Å²) in [6, 6.07) is 14.5. The van der Waals surface area contributed by atoms with Gasteiger partial charge in [-0.25, -0.2) is 19.7 Å². The van der Waals surface area contributed by atoms with E-state index in [2.05, 4.69) is 18.8 Å². The van der Waals surface area contributed by atoms with Crippen molar-refractivity contribution < 1.29 is 9.53 Å². The summed E-state index contributed by atoms with van der Waals surface area (Å²) in [5.41, 5.74) is 3.99. The number of hydrogen-bond donors (Lipinski definition) is 0. The highest BCUT2D eigenvalue weighted by atomic mass is 16.5. The molecule has 0 aliphatic carbocycles. The van der Waals surface area contributed by atoms with Crippen LogP contribution in [0.15, 0.2) is 59.7 Å². The third-order valence-corrected chi connectivity index (χ3v) is 5.72. The summed E-state index contributed by atoms with van der Waals surface area (Å²) < 4.78 is 8.26. The van der Waals surface area contributed by atoms with E-state index in [0.717, 1.165) is 17.6 Å². The lowest BCUT2D eigenvalue weighted by Crippen LogP contribution is -2.21. The first-order valence-electron chi connectivity index (χ1n) is 10.8. The van der Waals surface area contributed by atoms with E-state index < -0.39 is 5.97 Å². The number of hydrogen-bond acceptors (Lipinski definition) is 6. The molecular formula is C25H23N5O3. The van der Waals surface area contributed by atoms with Crippen LogP contribution in [0.5, 0.6) is 0 Å². The number of carbonyl (C=O) groups excluding carboxylic acids is 1. The van der Waals surface area contributed by atoms with Gasteiger partial charge in [0.2, 0.25) is 0 Å². The second-order valence-corrected chi connectivity index (χ2v) is 8.38. The first-order valence-corrected chi connectivity index (χ1v) is 10.8. The van der Waals surface area contributed by atoms with E-state index in [9.17, 15) is 9.59 Å². The summed E-state index contributed by atoms with van der Waals surface area (Å²) in [5, 5.41) is 0.437. The average molecular weight is 441 g/mol. The van der Waals surface area contributed by atoms with Crippen LogP contribution >= 0.6 is 0 Å². The molecule has 8 heteroatoms. The van der Waals surface area contributed by atoms with Crippen molar-refractivity contribution in [1.29, 1.82) is 0 Å². The van der Waals surface area contributed by atoms with E-state index in [-0.39, 0.29) is 5.56 Å². The molecule has 0 saturated carbocycles. The normalized spacial score (nSPS) is 11.6. The molecule has 5 aromatic rings. The van der Waals surface area contributed by atoms with Crippen molar-refractivity contribution in [1.82, 2.24) is 24.1 Å². The number of nitrogens with zero attached hydrogens (tertiary/aromatic N) is 5. The minimum atomic E-state index is -0.416. The number of methoxy groups -OCH3 is 1. The van der Waals surface area contributed by atoms with Crippen molar-refractivity contribution in [2.24, 2.45) is 5.92 Å². The predicted octanol–water partition coefficient (Wildman–Crippen LogP) is 4.12. The van der Waals surface area contributed by atoms with Gasteiger partial charge in [-0.05, 0) is 48.7 Å². The number of aryl methyl sites for hydroxylation is 1. The fourth-order valence-corrected chi connectivity index (χ4v) is 3.94. The molecule has 0 spiro atoms. The number of fused-ring (bicyclic) bond motifs is 4. The van der Waals surface area contributed by atoms with Crippen LogP contribution in [0.25, 0.3) is 38.9 Å². The first-order chi connectivity index (χ1) is 16.0. The molecule has 8 nitrogen and oxygen atoms in total. The van der Waals surface area contributed by atoms with E-state index in [1.165, 1.54) is 7.11 Å². The van der Waals surface area contributed by atoms with Crippen molar-refractivity contribution in [2.45, 2.75) is 26.8 Å². The Balaban J connectivity index is 1.81. The Labute approximate surface area is 189 Å². The summed E-state index contributed by atoms with van der Waals surface area (Å²) in [7, 11) is 1.35. The van der Waals surface area contributed by atoms with Crippen LogP contribution < -0.4 is 5.56 Å². The molecule has 0 bridgehead atoms. The highest BCUT2D eigenvalue weighted by Crippen LogP contribution is 2.28. The average Bonchev–Trinajstić information content (AvgIpc) is 3.15. The molecule has 0 amide bonds. The second kappa shape index (κ2) is 8.12. The van der Waals surface area contributed by atoms with Crippen LogP contribution in [0.4, 0.5) is 0 Å². The van der Waals surface area contributed by atoms with Crippen LogP contribution in [-0.4, -0.2) is 37.2 Å². The fourth-order valence-electron chi connectivity index (χ4n) is 3.94. The Morgan fingerprint density at radius 2 is 1.70 bits per heavy atom. The Morgan fingerprint density at radius 1 is 1.00 bits per heavy atom. The predicted molar refractivity (Wildman–Crippen MR) is 127 cm³/mol. The van der Waals surface area contributed by atoms with Crippen molar-refractivity contribution >= 4 is 39.2 Å². The molecule has 166 valence electrons. The van der Waals surface area contributed by atoms with Crippen molar-refractivity contribution in [3.05, 3.63) is 70.8 Å². The minimum absolute atomic E-state index is 0.139. The summed E-state index contributed by atoms with van der Waals surface area (Å²) in [5.74, 6) is 0.0479. The highest BCUT2D eigenvalue weighted by Gasteiger charge is 2.21. The molecule has 0 saturated heterocycles. The van der Waals surface area contributed by atoms with Crippen LogP contribution in [0.2, 0.25) is 0 Å². The standard InChI is InChI=1S/C25H23N5O3/c1-15(2)12-13-29-14-26-22-20(24(29)31)21-23(28-19-7-5-4-6-18(19)27-21)30(22)17-10-8-16(9-11-17)25(32)33-3/h4-11,14-15H,12-13H2,1-3H3. The second-order valence-electron chi connectivity index (χ2n) is 8.38. The van der Waals surface area contributed by atoms with Gasteiger partial charge in [0, 0.05) is 12.2 Å². The number of rotatable bonds is 5. The molecule has 0 unspecified atom stereocenters. The van der Waals surface area contributed by atoms with Gasteiger partial charge < -0.3 is 4.74 Å². The Bertz CT molecular complexity index is 1570. The minimum Gasteiger partial charge on any atom is -0.465 e. The van der Waals surface area contributed by atoms with E-state index in [1.54, 1.807) is 35.2 Å². The summed E-state index contributed by atoms with van der Waals surface area (Å²) in [4.78, 5) is 39.6. The summed E-state index contributed by atoms with van der Waals surface area (Å²) >= 11 is 0. The maximum atomic E-state index is 13.5. The molecule has 0 aliphatic rings. The Hall–Kier alpha value is -4.07. The lowest BCUT2D eigenvalue weighted by atomic mass is 10.1. The van der Waals surface area contributed by atoms with Gasteiger partial charge >= 0.3 is 5.97 Å². The highest BCUT2D eigenvalue weighted by molar-refractivity contribution is 6.05. The SMILES string of the molecule is COC(=O)c1ccc(-n2c3nc4ccccc4nc3c3c(=O)n(CCC(C)C)cnc32)cc1. The van der Waals surface area contributed by atoms with Crippen molar-refractivity contribution in [2.75, 3.05) is 7.11 Å². The zero-order valence-electron chi connectivity index (χ0n) is 18.6. The third kappa shape index (κ3) is 3.53. The molecule has 2 aromatic carbocycles. The van der Waals surface area contributed by atoms with Crippen LogP contribution in [0.3, 0.4) is 0 Å². The molecule has 0 N–H and O–H groups in total. The van der Waals surface area contributed by atoms with Gasteiger partial charge in [0.25, 0.3) is 5.56 Å². The molecule has 5 rings (SSSR count). The summed E-state index contributed by atoms with van der Waals surface area (Å²) in [6.07, 6.45) is 2.46. The number of para-hydroxylation sites is 2. The van der Waals surface area contributed by atoms with Gasteiger partial charge in [-0.15, -0.1) is 0 Å². The number of ether oxygens (including phenoxy) is 1. The zero-order valence-corrected chi connectivity index (χ0v) is 18.6. The van der Waals surface area contributed by atoms with E-state index in [1.807, 2.05) is 28.8 Å². The molecule has 3 heterocycles. The van der Waals surface area contributed by atoms with Crippen LogP contribution in [0, 0.1) is 5.92 Å². The number of aromatic nitrogens is 5. The first kappa shape index (κ1) is 20.8.